The van der Waals surface area contributed by atoms with Crippen LogP contribution in [0.1, 0.15) is 44.6 Å². The van der Waals surface area contributed by atoms with Gasteiger partial charge in [-0.15, -0.1) is 0 Å². The first-order chi connectivity index (χ1) is 19.1. The summed E-state index contributed by atoms with van der Waals surface area (Å²) in [6, 6.07) is 19.4. The van der Waals surface area contributed by atoms with Crippen LogP contribution < -0.4 is 9.62 Å². The van der Waals surface area contributed by atoms with Crippen LogP contribution in [0.25, 0.3) is 0 Å². The molecule has 40 heavy (non-hydrogen) atoms. The van der Waals surface area contributed by atoms with Crippen molar-refractivity contribution in [2.45, 2.75) is 62.6 Å². The molecule has 3 aromatic rings. The summed E-state index contributed by atoms with van der Waals surface area (Å²) in [7, 11) is -4.13. The maximum atomic E-state index is 14.0. The van der Waals surface area contributed by atoms with E-state index in [4.69, 9.17) is 0 Å². The van der Waals surface area contributed by atoms with E-state index in [-0.39, 0.29) is 23.4 Å². The molecule has 0 aliphatic heterocycles. The monoisotopic (exact) mass is 629 g/mol. The van der Waals surface area contributed by atoms with Gasteiger partial charge in [-0.3, -0.25) is 13.9 Å². The maximum Gasteiger partial charge on any atom is 0.264 e. The molecule has 7 nitrogen and oxygen atoms in total. The van der Waals surface area contributed by atoms with E-state index in [1.165, 1.54) is 29.2 Å². The van der Waals surface area contributed by atoms with E-state index in [9.17, 15) is 22.4 Å². The highest BCUT2D eigenvalue weighted by Gasteiger charge is 2.33. The molecule has 1 aliphatic carbocycles. The first-order valence-corrected chi connectivity index (χ1v) is 15.6. The third-order valence-corrected chi connectivity index (χ3v) is 9.37. The molecular weight excluding hydrogens is 597 g/mol. The number of rotatable bonds is 10. The number of hydrogen-bond donors (Lipinski definition) is 1. The zero-order valence-corrected chi connectivity index (χ0v) is 24.7. The van der Waals surface area contributed by atoms with Gasteiger partial charge in [-0.2, -0.15) is 0 Å². The number of benzene rings is 3. The normalized spacial score (nSPS) is 14.8. The molecule has 1 fully saturated rings. The second-order valence-electron chi connectivity index (χ2n) is 9.97. The average molecular weight is 631 g/mol. The molecule has 0 unspecified atom stereocenters. The van der Waals surface area contributed by atoms with E-state index < -0.39 is 34.3 Å². The summed E-state index contributed by atoms with van der Waals surface area (Å²) in [6.45, 7) is 1.11. The van der Waals surface area contributed by atoms with Crippen molar-refractivity contribution >= 4 is 43.5 Å². The van der Waals surface area contributed by atoms with E-state index in [0.717, 1.165) is 36.4 Å². The van der Waals surface area contributed by atoms with Crippen molar-refractivity contribution in [3.8, 4) is 0 Å². The van der Waals surface area contributed by atoms with Crippen molar-refractivity contribution in [3.05, 3.63) is 94.7 Å². The summed E-state index contributed by atoms with van der Waals surface area (Å²) < 4.78 is 42.9. The third-order valence-electron chi connectivity index (χ3n) is 7.09. The maximum absolute atomic E-state index is 14.0. The third kappa shape index (κ3) is 7.48. The summed E-state index contributed by atoms with van der Waals surface area (Å²) in [5.74, 6) is -1.28. The van der Waals surface area contributed by atoms with Gasteiger partial charge in [0.2, 0.25) is 11.8 Å². The number of carbonyl (C=O) groups is 2. The molecule has 2 amide bonds. The standard InChI is InChI=1S/C30H33BrFN3O4S/c1-22(30(37)33-26-10-4-2-5-11-26)34(20-23-15-17-25(32)18-16-23)29(36)21-35(27-12-8-9-24(31)19-27)40(38,39)28-13-6-3-7-14-28/h3,6-9,12-19,22,26H,2,4-5,10-11,20-21H2,1H3,(H,33,37)/t22-/m0/s1. The van der Waals surface area contributed by atoms with Gasteiger partial charge in [-0.05, 0) is 67.8 Å². The van der Waals surface area contributed by atoms with Crippen LogP contribution in [-0.4, -0.2) is 43.8 Å². The van der Waals surface area contributed by atoms with Gasteiger partial charge < -0.3 is 10.2 Å². The lowest BCUT2D eigenvalue weighted by Crippen LogP contribution is -2.53. The minimum Gasteiger partial charge on any atom is -0.352 e. The van der Waals surface area contributed by atoms with Crippen LogP contribution in [0.5, 0.6) is 0 Å². The van der Waals surface area contributed by atoms with Crippen molar-refractivity contribution in [3.63, 3.8) is 0 Å². The highest BCUT2D eigenvalue weighted by atomic mass is 79.9. The van der Waals surface area contributed by atoms with Gasteiger partial charge in [-0.25, -0.2) is 12.8 Å². The quantitative estimate of drug-likeness (QED) is 0.314. The van der Waals surface area contributed by atoms with E-state index in [1.54, 1.807) is 61.5 Å². The Bertz CT molecular complexity index is 1410. The van der Waals surface area contributed by atoms with Crippen LogP contribution >= 0.6 is 15.9 Å². The lowest BCUT2D eigenvalue weighted by Gasteiger charge is -2.33. The van der Waals surface area contributed by atoms with Gasteiger partial charge >= 0.3 is 0 Å². The molecule has 4 rings (SSSR count). The number of amides is 2. The van der Waals surface area contributed by atoms with Gasteiger partial charge in [0.15, 0.2) is 0 Å². The van der Waals surface area contributed by atoms with Gasteiger partial charge in [-0.1, -0.05) is 71.6 Å². The number of hydrogen-bond acceptors (Lipinski definition) is 4. The predicted molar refractivity (Wildman–Crippen MR) is 157 cm³/mol. The van der Waals surface area contributed by atoms with Gasteiger partial charge in [0.25, 0.3) is 10.0 Å². The summed E-state index contributed by atoms with van der Waals surface area (Å²) in [4.78, 5) is 28.7. The van der Waals surface area contributed by atoms with E-state index in [0.29, 0.717) is 15.7 Å². The first kappa shape index (κ1) is 29.7. The smallest absolute Gasteiger partial charge is 0.264 e. The van der Waals surface area contributed by atoms with E-state index >= 15 is 0 Å². The van der Waals surface area contributed by atoms with Crippen LogP contribution in [-0.2, 0) is 26.2 Å². The molecule has 3 aromatic carbocycles. The molecular formula is C30H33BrFN3O4S. The second-order valence-corrected chi connectivity index (χ2v) is 12.8. The second kappa shape index (κ2) is 13.4. The van der Waals surface area contributed by atoms with Crippen molar-refractivity contribution in [2.75, 3.05) is 10.8 Å². The number of anilines is 1. The van der Waals surface area contributed by atoms with Crippen molar-refractivity contribution < 1.29 is 22.4 Å². The molecule has 0 heterocycles. The van der Waals surface area contributed by atoms with Crippen molar-refractivity contribution in [1.29, 1.82) is 0 Å². The first-order valence-electron chi connectivity index (χ1n) is 13.3. The number of nitrogens with zero attached hydrogens (tertiary/aromatic N) is 2. The fourth-order valence-electron chi connectivity index (χ4n) is 4.82. The highest BCUT2D eigenvalue weighted by molar-refractivity contribution is 9.10. The molecule has 212 valence electrons. The Labute approximate surface area is 243 Å². The Morgan fingerprint density at radius 3 is 2.30 bits per heavy atom. The molecule has 0 spiro atoms. The molecule has 1 aliphatic rings. The van der Waals surface area contributed by atoms with Crippen LogP contribution in [0.3, 0.4) is 0 Å². The Hall–Kier alpha value is -3.24. The Morgan fingerprint density at radius 1 is 0.975 bits per heavy atom. The molecule has 1 N–H and O–H groups in total. The van der Waals surface area contributed by atoms with Crippen LogP contribution in [0.15, 0.2) is 88.2 Å². The van der Waals surface area contributed by atoms with Crippen molar-refractivity contribution in [1.82, 2.24) is 10.2 Å². The zero-order chi connectivity index (χ0) is 28.7. The summed E-state index contributed by atoms with van der Waals surface area (Å²) >= 11 is 3.39. The van der Waals surface area contributed by atoms with E-state index in [2.05, 4.69) is 21.2 Å². The number of halogens is 2. The molecule has 0 saturated heterocycles. The lowest BCUT2D eigenvalue weighted by molar-refractivity contribution is -0.139. The lowest BCUT2D eigenvalue weighted by atomic mass is 9.95. The van der Waals surface area contributed by atoms with Crippen LogP contribution in [0.4, 0.5) is 10.1 Å². The minimum atomic E-state index is -4.13. The average Bonchev–Trinajstić information content (AvgIpc) is 2.96. The summed E-state index contributed by atoms with van der Waals surface area (Å²) in [6.07, 6.45) is 4.98. The minimum absolute atomic E-state index is 0.01000. The Balaban J connectivity index is 1.66. The molecule has 0 aromatic heterocycles. The predicted octanol–water partition coefficient (Wildman–Crippen LogP) is 5.65. The topological polar surface area (TPSA) is 86.8 Å². The Morgan fingerprint density at radius 2 is 1.65 bits per heavy atom. The molecule has 0 bridgehead atoms. The molecule has 10 heteroatoms. The van der Waals surface area contributed by atoms with Gasteiger partial charge in [0, 0.05) is 17.1 Å². The molecule has 0 radical (unpaired) electrons. The van der Waals surface area contributed by atoms with Crippen molar-refractivity contribution in [2.24, 2.45) is 0 Å². The number of carbonyl (C=O) groups excluding carboxylic acids is 2. The van der Waals surface area contributed by atoms with Crippen LogP contribution in [0.2, 0.25) is 0 Å². The Kier molecular flexibility index (Phi) is 9.97. The number of nitrogens with one attached hydrogen (secondary N) is 1. The SMILES string of the molecule is C[C@@H](C(=O)NC1CCCCC1)N(Cc1ccc(F)cc1)C(=O)CN(c1cccc(Br)c1)S(=O)(=O)c1ccccc1. The fourth-order valence-corrected chi connectivity index (χ4v) is 6.63. The van der Waals surface area contributed by atoms with Gasteiger partial charge in [0.05, 0.1) is 10.6 Å². The largest absolute Gasteiger partial charge is 0.352 e. The van der Waals surface area contributed by atoms with E-state index in [1.807, 2.05) is 0 Å². The highest BCUT2D eigenvalue weighted by Crippen LogP contribution is 2.27. The number of sulfonamides is 1. The molecule has 1 saturated carbocycles. The zero-order valence-electron chi connectivity index (χ0n) is 22.3. The summed E-state index contributed by atoms with van der Waals surface area (Å²) in [5.41, 5.74) is 0.916. The van der Waals surface area contributed by atoms with Gasteiger partial charge in [0.1, 0.15) is 18.4 Å². The fraction of sp³-hybridized carbons (Fsp3) is 0.333. The molecule has 1 atom stereocenters. The van der Waals surface area contributed by atoms with Crippen LogP contribution in [0, 0.1) is 5.82 Å². The summed E-state index contributed by atoms with van der Waals surface area (Å²) in [5, 5.41) is 3.07.